The fourth-order valence-electron chi connectivity index (χ4n) is 2.82. The van der Waals surface area contributed by atoms with E-state index in [2.05, 4.69) is 12.0 Å². The maximum Gasteiger partial charge on any atom is 0.436 e. The van der Waals surface area contributed by atoms with Crippen LogP contribution in [0.2, 0.25) is 5.02 Å². The van der Waals surface area contributed by atoms with Crippen LogP contribution in [0.3, 0.4) is 0 Å². The van der Waals surface area contributed by atoms with Gasteiger partial charge in [-0.05, 0) is 32.6 Å². The average molecular weight is 338 g/mol. The summed E-state index contributed by atoms with van der Waals surface area (Å²) in [7, 11) is 0. The van der Waals surface area contributed by atoms with Crippen LogP contribution < -0.4 is 0 Å². The minimum absolute atomic E-state index is 0.153. The summed E-state index contributed by atoms with van der Waals surface area (Å²) in [5.41, 5.74) is -0.988. The lowest BCUT2D eigenvalue weighted by molar-refractivity contribution is -0.142. The first kappa shape index (κ1) is 17.1. The first-order valence-corrected chi connectivity index (χ1v) is 7.61. The molecule has 1 aromatic heterocycles. The lowest BCUT2D eigenvalue weighted by Crippen LogP contribution is -2.42. The Morgan fingerprint density at radius 1 is 1.45 bits per heavy atom. The number of hydrogen-bond donors (Lipinski definition) is 0. The summed E-state index contributed by atoms with van der Waals surface area (Å²) < 4.78 is 39.6. The number of rotatable bonds is 2. The predicted molar refractivity (Wildman–Crippen MR) is 76.7 cm³/mol. The van der Waals surface area contributed by atoms with Crippen LogP contribution in [0.1, 0.15) is 44.1 Å². The van der Waals surface area contributed by atoms with Crippen molar-refractivity contribution in [3.8, 4) is 0 Å². The number of likely N-dealkylation sites (tertiary alicyclic amines) is 1. The van der Waals surface area contributed by atoms with E-state index >= 15 is 0 Å². The van der Waals surface area contributed by atoms with Crippen molar-refractivity contribution >= 4 is 17.5 Å². The van der Waals surface area contributed by atoms with Crippen LogP contribution >= 0.6 is 11.6 Å². The molecule has 8 heteroatoms. The lowest BCUT2D eigenvalue weighted by atomic mass is 10.00. The van der Waals surface area contributed by atoms with E-state index in [0.29, 0.717) is 19.0 Å². The average Bonchev–Trinajstić information content (AvgIpc) is 2.73. The minimum atomic E-state index is -4.63. The van der Waals surface area contributed by atoms with Crippen LogP contribution in [0.5, 0.6) is 0 Å². The van der Waals surface area contributed by atoms with Gasteiger partial charge in [0.05, 0.1) is 10.7 Å². The number of hydrogen-bond acceptors (Lipinski definition) is 2. The van der Waals surface area contributed by atoms with Crippen molar-refractivity contribution < 1.29 is 18.0 Å². The molecule has 0 aromatic carbocycles. The van der Waals surface area contributed by atoms with Gasteiger partial charge in [-0.1, -0.05) is 18.5 Å². The molecule has 2 heterocycles. The number of halogens is 4. The van der Waals surface area contributed by atoms with E-state index in [4.69, 9.17) is 11.6 Å². The van der Waals surface area contributed by atoms with Crippen LogP contribution in [0.4, 0.5) is 13.2 Å². The number of carbonyl (C=O) groups excluding carboxylic acids is 1. The molecule has 0 radical (unpaired) electrons. The summed E-state index contributed by atoms with van der Waals surface area (Å²) >= 11 is 5.73. The second kappa shape index (κ2) is 6.10. The third kappa shape index (κ3) is 3.24. The maximum absolute atomic E-state index is 12.9. The molecule has 1 amide bonds. The van der Waals surface area contributed by atoms with Crippen LogP contribution in [0, 0.1) is 12.8 Å². The molecule has 1 aliphatic rings. The quantitative estimate of drug-likeness (QED) is 0.825. The summed E-state index contributed by atoms with van der Waals surface area (Å²) in [5, 5.41) is 3.08. The van der Waals surface area contributed by atoms with Gasteiger partial charge in [-0.2, -0.15) is 18.3 Å². The van der Waals surface area contributed by atoms with Gasteiger partial charge >= 0.3 is 6.18 Å². The fourth-order valence-corrected chi connectivity index (χ4v) is 3.05. The highest BCUT2D eigenvalue weighted by atomic mass is 35.5. The molecule has 0 unspecified atom stereocenters. The molecule has 22 heavy (non-hydrogen) atoms. The molecule has 0 aliphatic carbocycles. The van der Waals surface area contributed by atoms with Crippen molar-refractivity contribution in [2.45, 2.75) is 45.8 Å². The third-order valence-electron chi connectivity index (χ3n) is 4.04. The molecule has 2 rings (SSSR count). The summed E-state index contributed by atoms with van der Waals surface area (Å²) in [6.07, 6.45) is -2.66. The van der Waals surface area contributed by atoms with Gasteiger partial charge in [0.15, 0.2) is 5.69 Å². The Morgan fingerprint density at radius 2 is 2.09 bits per heavy atom. The van der Waals surface area contributed by atoms with Gasteiger partial charge in [0.25, 0.3) is 0 Å². The number of amides is 1. The van der Waals surface area contributed by atoms with Gasteiger partial charge in [-0.15, -0.1) is 0 Å². The zero-order chi connectivity index (χ0) is 16.7. The van der Waals surface area contributed by atoms with E-state index in [1.54, 1.807) is 11.8 Å². The lowest BCUT2D eigenvalue weighted by Gasteiger charge is -2.33. The first-order chi connectivity index (χ1) is 10.1. The van der Waals surface area contributed by atoms with Crippen molar-refractivity contribution in [3.05, 3.63) is 16.4 Å². The summed E-state index contributed by atoms with van der Waals surface area (Å²) in [5.74, 6) is 0.181. The van der Waals surface area contributed by atoms with Gasteiger partial charge in [0.1, 0.15) is 6.04 Å². The van der Waals surface area contributed by atoms with Crippen molar-refractivity contribution in [1.29, 1.82) is 0 Å². The van der Waals surface area contributed by atoms with E-state index in [1.807, 2.05) is 0 Å². The molecular weight excluding hydrogens is 319 g/mol. The van der Waals surface area contributed by atoms with Crippen LogP contribution in [-0.4, -0.2) is 33.7 Å². The zero-order valence-corrected chi connectivity index (χ0v) is 13.5. The molecule has 1 fully saturated rings. The number of piperidine rings is 1. The standard InChI is InChI=1S/C14H19ClF3N3O/c1-8-5-4-6-20(7-8)13(22)10(3)21-9(2)11(15)12(19-21)14(16,17)18/h8,10H,4-7H2,1-3H3/t8-,10+/m0/s1. The van der Waals surface area contributed by atoms with Gasteiger partial charge in [0.2, 0.25) is 5.91 Å². The molecule has 124 valence electrons. The van der Waals surface area contributed by atoms with Crippen molar-refractivity contribution in [1.82, 2.24) is 14.7 Å². The number of carbonyl (C=O) groups is 1. The largest absolute Gasteiger partial charge is 0.436 e. The molecule has 1 aliphatic heterocycles. The van der Waals surface area contributed by atoms with Crippen molar-refractivity contribution in [2.75, 3.05) is 13.1 Å². The Morgan fingerprint density at radius 3 is 2.59 bits per heavy atom. The van der Waals surface area contributed by atoms with Crippen LogP contribution in [0.15, 0.2) is 0 Å². The first-order valence-electron chi connectivity index (χ1n) is 7.23. The van der Waals surface area contributed by atoms with E-state index in [0.717, 1.165) is 17.5 Å². The zero-order valence-electron chi connectivity index (χ0n) is 12.7. The van der Waals surface area contributed by atoms with E-state index < -0.39 is 22.9 Å². The molecular formula is C14H19ClF3N3O. The van der Waals surface area contributed by atoms with Gasteiger partial charge in [0, 0.05) is 13.1 Å². The molecule has 0 bridgehead atoms. The van der Waals surface area contributed by atoms with Crippen LogP contribution in [0.25, 0.3) is 0 Å². The molecule has 4 nitrogen and oxygen atoms in total. The molecule has 0 N–H and O–H groups in total. The smallest absolute Gasteiger partial charge is 0.341 e. The van der Waals surface area contributed by atoms with Gasteiger partial charge in [-0.25, -0.2) is 0 Å². The minimum Gasteiger partial charge on any atom is -0.341 e. The molecule has 1 saturated heterocycles. The number of alkyl halides is 3. The number of nitrogens with zero attached hydrogens (tertiary/aromatic N) is 3. The Hall–Kier alpha value is -1.24. The highest BCUT2D eigenvalue weighted by Gasteiger charge is 2.39. The fraction of sp³-hybridized carbons (Fsp3) is 0.714. The Labute approximate surface area is 132 Å². The van der Waals surface area contributed by atoms with Crippen molar-refractivity contribution in [2.24, 2.45) is 5.92 Å². The summed E-state index contributed by atoms with van der Waals surface area (Å²) in [4.78, 5) is 14.2. The Bertz CT molecular complexity index is 570. The summed E-state index contributed by atoms with van der Waals surface area (Å²) in [6.45, 7) is 6.31. The molecule has 1 aromatic rings. The monoisotopic (exact) mass is 337 g/mol. The predicted octanol–water partition coefficient (Wildman–Crippen LogP) is 3.68. The molecule has 0 saturated carbocycles. The third-order valence-corrected chi connectivity index (χ3v) is 4.49. The second-order valence-electron chi connectivity index (χ2n) is 5.90. The van der Waals surface area contributed by atoms with Gasteiger partial charge in [-0.3, -0.25) is 9.48 Å². The van der Waals surface area contributed by atoms with E-state index in [-0.39, 0.29) is 11.6 Å². The second-order valence-corrected chi connectivity index (χ2v) is 6.28. The van der Waals surface area contributed by atoms with E-state index in [1.165, 1.54) is 6.92 Å². The normalized spacial score (nSPS) is 21.0. The van der Waals surface area contributed by atoms with Gasteiger partial charge < -0.3 is 4.90 Å². The van der Waals surface area contributed by atoms with Crippen LogP contribution in [-0.2, 0) is 11.0 Å². The highest BCUT2D eigenvalue weighted by molar-refractivity contribution is 6.32. The Balaban J connectivity index is 2.26. The highest BCUT2D eigenvalue weighted by Crippen LogP contribution is 2.36. The SMILES string of the molecule is Cc1c(Cl)c(C(F)(F)F)nn1[C@H](C)C(=O)N1CCC[C@H](C)C1. The number of aromatic nitrogens is 2. The van der Waals surface area contributed by atoms with E-state index in [9.17, 15) is 18.0 Å². The van der Waals surface area contributed by atoms with Crippen molar-refractivity contribution in [3.63, 3.8) is 0 Å². The molecule has 2 atom stereocenters. The Kier molecular flexibility index (Phi) is 4.75. The maximum atomic E-state index is 12.9. The molecule has 0 spiro atoms. The topological polar surface area (TPSA) is 38.1 Å². The summed E-state index contributed by atoms with van der Waals surface area (Å²) in [6, 6.07) is -0.807.